The van der Waals surface area contributed by atoms with E-state index in [0.717, 1.165) is 19.4 Å². The average Bonchev–Trinajstić information content (AvgIpc) is 2.85. The van der Waals surface area contributed by atoms with Gasteiger partial charge in [0.1, 0.15) is 0 Å². The number of fused-ring (bicyclic) bond motifs is 1. The Hall–Kier alpha value is -1.64. The third kappa shape index (κ3) is 4.12. The molecule has 0 spiro atoms. The van der Waals surface area contributed by atoms with E-state index in [0.29, 0.717) is 24.5 Å². The van der Waals surface area contributed by atoms with E-state index in [9.17, 15) is 13.2 Å². The van der Waals surface area contributed by atoms with Gasteiger partial charge in [-0.05, 0) is 56.8 Å². The number of H-pyrrole nitrogens is 1. The Morgan fingerprint density at radius 1 is 1.04 bits per heavy atom. The average molecular weight is 394 g/mol. The van der Waals surface area contributed by atoms with Crippen molar-refractivity contribution in [3.8, 4) is 0 Å². The molecule has 2 fully saturated rings. The van der Waals surface area contributed by atoms with Gasteiger partial charge in [-0.15, -0.1) is 0 Å². The highest BCUT2D eigenvalue weighted by Crippen LogP contribution is 2.26. The largest absolute Gasteiger partial charge is 0.417 e. The molecule has 1 N–H and O–H groups in total. The van der Waals surface area contributed by atoms with Gasteiger partial charge in [-0.1, -0.05) is 12.8 Å². The summed E-state index contributed by atoms with van der Waals surface area (Å²) in [7, 11) is -3.56. The molecule has 2 saturated heterocycles. The van der Waals surface area contributed by atoms with Gasteiger partial charge in [0.15, 0.2) is 5.58 Å². The second-order valence-electron chi connectivity index (χ2n) is 7.73. The molecule has 0 aliphatic carbocycles. The number of likely N-dealkylation sites (tertiary alicyclic amines) is 1. The van der Waals surface area contributed by atoms with Crippen molar-refractivity contribution >= 4 is 21.1 Å². The van der Waals surface area contributed by atoms with E-state index < -0.39 is 15.8 Å². The van der Waals surface area contributed by atoms with Gasteiger partial charge in [0.25, 0.3) is 0 Å². The molecule has 0 bridgehead atoms. The fourth-order valence-electron chi connectivity index (χ4n) is 4.25. The summed E-state index contributed by atoms with van der Waals surface area (Å²) < 4.78 is 32.5. The lowest BCUT2D eigenvalue weighted by molar-refractivity contribution is 0.186. The Balaban J connectivity index is 1.40. The summed E-state index contributed by atoms with van der Waals surface area (Å²) in [5.41, 5.74) is 0.784. The first-order chi connectivity index (χ1) is 13.0. The maximum Gasteiger partial charge on any atom is 0.417 e. The topological polar surface area (TPSA) is 86.6 Å². The van der Waals surface area contributed by atoms with E-state index in [4.69, 9.17) is 4.42 Å². The van der Waals surface area contributed by atoms with E-state index in [1.807, 2.05) is 0 Å². The minimum Gasteiger partial charge on any atom is -0.408 e. The van der Waals surface area contributed by atoms with Crippen molar-refractivity contribution in [1.29, 1.82) is 0 Å². The molecule has 4 rings (SSSR count). The first kappa shape index (κ1) is 18.7. The number of piperidine rings is 1. The molecule has 0 amide bonds. The SMILES string of the molecule is O=c1[nH]c2ccc(S(=O)(=O)N3CCC(CN4CCCCCC4)CC3)cc2o1. The molecule has 8 heteroatoms. The third-order valence-corrected chi connectivity index (χ3v) is 7.71. The summed E-state index contributed by atoms with van der Waals surface area (Å²) in [6.45, 7) is 4.56. The summed E-state index contributed by atoms with van der Waals surface area (Å²) in [4.78, 5) is 16.6. The maximum atomic E-state index is 13.0. The Morgan fingerprint density at radius 2 is 1.74 bits per heavy atom. The van der Waals surface area contributed by atoms with Crippen LogP contribution in [0.1, 0.15) is 38.5 Å². The summed E-state index contributed by atoms with van der Waals surface area (Å²) in [5, 5.41) is 0. The van der Waals surface area contributed by atoms with Crippen molar-refractivity contribution in [2.75, 3.05) is 32.7 Å². The number of aromatic amines is 1. The van der Waals surface area contributed by atoms with Gasteiger partial charge >= 0.3 is 5.76 Å². The molecule has 7 nitrogen and oxygen atoms in total. The second-order valence-corrected chi connectivity index (χ2v) is 9.67. The molecule has 3 heterocycles. The van der Waals surface area contributed by atoms with E-state index in [2.05, 4.69) is 9.88 Å². The molecule has 1 aromatic heterocycles. The van der Waals surface area contributed by atoms with Gasteiger partial charge in [-0.25, -0.2) is 13.2 Å². The van der Waals surface area contributed by atoms with Gasteiger partial charge in [0, 0.05) is 25.7 Å². The number of sulfonamides is 1. The zero-order valence-electron chi connectivity index (χ0n) is 15.5. The minimum atomic E-state index is -3.56. The van der Waals surface area contributed by atoms with Crippen molar-refractivity contribution in [3.63, 3.8) is 0 Å². The molecule has 2 aromatic rings. The van der Waals surface area contributed by atoms with Crippen LogP contribution >= 0.6 is 0 Å². The molecule has 1 aromatic carbocycles. The number of rotatable bonds is 4. The van der Waals surface area contributed by atoms with Crippen LogP contribution in [0.25, 0.3) is 11.1 Å². The summed E-state index contributed by atoms with van der Waals surface area (Å²) in [6.07, 6.45) is 7.03. The second kappa shape index (κ2) is 7.77. The quantitative estimate of drug-likeness (QED) is 0.862. The molecule has 0 radical (unpaired) electrons. The van der Waals surface area contributed by atoms with Crippen molar-refractivity contribution in [2.45, 2.75) is 43.4 Å². The van der Waals surface area contributed by atoms with Gasteiger partial charge in [-0.3, -0.25) is 4.98 Å². The third-order valence-electron chi connectivity index (χ3n) is 5.82. The molecule has 2 aliphatic heterocycles. The monoisotopic (exact) mass is 393 g/mol. The highest BCUT2D eigenvalue weighted by Gasteiger charge is 2.30. The van der Waals surface area contributed by atoms with Crippen LogP contribution in [0.4, 0.5) is 0 Å². The lowest BCUT2D eigenvalue weighted by Crippen LogP contribution is -2.41. The molecule has 27 heavy (non-hydrogen) atoms. The lowest BCUT2D eigenvalue weighted by Gasteiger charge is -2.34. The first-order valence-electron chi connectivity index (χ1n) is 9.88. The van der Waals surface area contributed by atoms with Crippen molar-refractivity contribution in [1.82, 2.24) is 14.2 Å². The van der Waals surface area contributed by atoms with Crippen LogP contribution in [0.3, 0.4) is 0 Å². The Morgan fingerprint density at radius 3 is 2.44 bits per heavy atom. The Kier molecular flexibility index (Phi) is 5.39. The lowest BCUT2D eigenvalue weighted by atomic mass is 9.97. The zero-order valence-corrected chi connectivity index (χ0v) is 16.3. The standard InChI is InChI=1S/C19H27N3O4S/c23-19-20-17-6-5-16(13-18(17)26-19)27(24,25)22-11-7-15(8-12-22)14-21-9-3-1-2-4-10-21/h5-6,13,15H,1-4,7-12,14H2,(H,20,23). The predicted molar refractivity (Wildman–Crippen MR) is 103 cm³/mol. The van der Waals surface area contributed by atoms with E-state index >= 15 is 0 Å². The van der Waals surface area contributed by atoms with Crippen molar-refractivity contribution < 1.29 is 12.8 Å². The molecular weight excluding hydrogens is 366 g/mol. The summed E-state index contributed by atoms with van der Waals surface area (Å²) >= 11 is 0. The van der Waals surface area contributed by atoms with E-state index in [1.165, 1.54) is 50.9 Å². The van der Waals surface area contributed by atoms with Gasteiger partial charge in [0.05, 0.1) is 10.4 Å². The molecule has 2 aliphatic rings. The van der Waals surface area contributed by atoms with Crippen LogP contribution in [0.15, 0.2) is 32.3 Å². The summed E-state index contributed by atoms with van der Waals surface area (Å²) in [5.74, 6) is -0.00593. The highest BCUT2D eigenvalue weighted by molar-refractivity contribution is 7.89. The number of aromatic nitrogens is 1. The smallest absolute Gasteiger partial charge is 0.408 e. The van der Waals surface area contributed by atoms with Crippen molar-refractivity contribution in [3.05, 3.63) is 28.7 Å². The van der Waals surface area contributed by atoms with Gasteiger partial charge in [-0.2, -0.15) is 4.31 Å². The van der Waals surface area contributed by atoms with Gasteiger partial charge in [0.2, 0.25) is 10.0 Å². The molecular formula is C19H27N3O4S. The van der Waals surface area contributed by atoms with Crippen LogP contribution in [0.2, 0.25) is 0 Å². The number of nitrogens with one attached hydrogen (secondary N) is 1. The predicted octanol–water partition coefficient (Wildman–Crippen LogP) is 2.40. The molecule has 0 unspecified atom stereocenters. The Labute approximate surface area is 159 Å². The van der Waals surface area contributed by atoms with Gasteiger partial charge < -0.3 is 9.32 Å². The fraction of sp³-hybridized carbons (Fsp3) is 0.632. The van der Waals surface area contributed by atoms with Crippen LogP contribution in [0, 0.1) is 5.92 Å². The number of hydrogen-bond donors (Lipinski definition) is 1. The number of benzene rings is 1. The first-order valence-corrected chi connectivity index (χ1v) is 11.3. The number of nitrogens with zero attached hydrogens (tertiary/aromatic N) is 2. The molecule has 0 atom stereocenters. The van der Waals surface area contributed by atoms with E-state index in [1.54, 1.807) is 10.4 Å². The normalized spacial score (nSPS) is 21.5. The van der Waals surface area contributed by atoms with E-state index in [-0.39, 0.29) is 10.5 Å². The fourth-order valence-corrected chi connectivity index (χ4v) is 5.74. The molecule has 148 valence electrons. The number of hydrogen-bond acceptors (Lipinski definition) is 5. The van der Waals surface area contributed by atoms with Crippen LogP contribution < -0.4 is 5.76 Å². The zero-order chi connectivity index (χ0) is 18.9. The van der Waals surface area contributed by atoms with Crippen LogP contribution in [-0.2, 0) is 10.0 Å². The van der Waals surface area contributed by atoms with Crippen LogP contribution in [-0.4, -0.2) is 55.3 Å². The molecule has 0 saturated carbocycles. The maximum absolute atomic E-state index is 13.0. The minimum absolute atomic E-state index is 0.184. The van der Waals surface area contributed by atoms with Crippen molar-refractivity contribution in [2.24, 2.45) is 5.92 Å². The summed E-state index contributed by atoms with van der Waals surface area (Å²) in [6, 6.07) is 4.55. The Bertz CT molecular complexity index is 933. The highest BCUT2D eigenvalue weighted by atomic mass is 32.2. The van der Waals surface area contributed by atoms with Crippen LogP contribution in [0.5, 0.6) is 0 Å². The number of oxazole rings is 1.